The van der Waals surface area contributed by atoms with E-state index in [1.807, 2.05) is 31.2 Å². The maximum Gasteiger partial charge on any atom is 0.225 e. The van der Waals surface area contributed by atoms with Gasteiger partial charge in [0.1, 0.15) is 5.82 Å². The third-order valence-corrected chi connectivity index (χ3v) is 7.34. The fraction of sp³-hybridized carbons (Fsp3) is 0.524. The van der Waals surface area contributed by atoms with Crippen LogP contribution in [0.3, 0.4) is 0 Å². The summed E-state index contributed by atoms with van der Waals surface area (Å²) in [4.78, 5) is 12.7. The molecule has 1 aromatic carbocycles. The minimum atomic E-state index is -3.19. The topological polar surface area (TPSA) is 81.1 Å². The first kappa shape index (κ1) is 19.2. The van der Waals surface area contributed by atoms with Crippen molar-refractivity contribution in [2.24, 2.45) is 5.92 Å². The van der Waals surface area contributed by atoms with Crippen LogP contribution in [-0.2, 0) is 26.1 Å². The summed E-state index contributed by atoms with van der Waals surface area (Å²) in [6, 6.07) is 7.78. The molecule has 2 aliphatic rings. The number of aryl methyl sites for hydroxylation is 1. The second-order valence-corrected chi connectivity index (χ2v) is 10.2. The fourth-order valence-electron chi connectivity index (χ4n) is 4.35. The molecule has 4 rings (SSSR count). The number of anilines is 1. The van der Waals surface area contributed by atoms with E-state index in [0.29, 0.717) is 29.4 Å². The van der Waals surface area contributed by atoms with Crippen molar-refractivity contribution in [3.63, 3.8) is 0 Å². The number of amides is 1. The number of carbonyl (C=O) groups excluding carboxylic acids is 1. The Balaban J connectivity index is 1.58. The van der Waals surface area contributed by atoms with Crippen molar-refractivity contribution in [3.05, 3.63) is 41.1 Å². The third kappa shape index (κ3) is 3.99. The zero-order chi connectivity index (χ0) is 19.7. The number of nitrogens with zero attached hydrogens (tertiary/aromatic N) is 2. The first-order valence-electron chi connectivity index (χ1n) is 10.1. The molecule has 1 aliphatic carbocycles. The summed E-state index contributed by atoms with van der Waals surface area (Å²) in [5, 5.41) is 7.53. The molecular weight excluding hydrogens is 374 g/mol. The molecule has 1 N–H and O–H groups in total. The average Bonchev–Trinajstić information content (AvgIpc) is 3.14. The predicted octanol–water partition coefficient (Wildman–Crippen LogP) is 3.91. The number of sulfone groups is 1. The highest BCUT2D eigenvalue weighted by atomic mass is 32.2. The Morgan fingerprint density at radius 2 is 1.93 bits per heavy atom. The zero-order valence-electron chi connectivity index (χ0n) is 16.3. The largest absolute Gasteiger partial charge is 0.310 e. The highest BCUT2D eigenvalue weighted by molar-refractivity contribution is 7.90. The van der Waals surface area contributed by atoms with Crippen LogP contribution in [0.5, 0.6) is 0 Å². The SMILES string of the molecule is Cc1ccccc1-n1nc2c(c1NC(=O)CCC1CCCCC1)CS(=O)(=O)C2. The van der Waals surface area contributed by atoms with E-state index in [2.05, 4.69) is 10.4 Å². The van der Waals surface area contributed by atoms with Crippen LogP contribution >= 0.6 is 0 Å². The van der Waals surface area contributed by atoms with Gasteiger partial charge in [0.15, 0.2) is 9.84 Å². The first-order chi connectivity index (χ1) is 13.4. The summed E-state index contributed by atoms with van der Waals surface area (Å²) in [6.45, 7) is 1.98. The minimum Gasteiger partial charge on any atom is -0.310 e. The lowest BCUT2D eigenvalue weighted by Gasteiger charge is -2.21. The summed E-state index contributed by atoms with van der Waals surface area (Å²) in [5.41, 5.74) is 3.06. The van der Waals surface area contributed by atoms with Gasteiger partial charge in [-0.05, 0) is 30.9 Å². The summed E-state index contributed by atoms with van der Waals surface area (Å²) < 4.78 is 25.8. The van der Waals surface area contributed by atoms with E-state index in [1.165, 1.54) is 32.1 Å². The quantitative estimate of drug-likeness (QED) is 0.824. The van der Waals surface area contributed by atoms with Crippen molar-refractivity contribution in [2.45, 2.75) is 63.4 Å². The van der Waals surface area contributed by atoms with Gasteiger partial charge in [-0.15, -0.1) is 0 Å². The Kier molecular flexibility index (Phi) is 5.27. The van der Waals surface area contributed by atoms with Gasteiger partial charge in [-0.3, -0.25) is 4.79 Å². The number of rotatable bonds is 5. The molecule has 0 bridgehead atoms. The molecule has 0 unspecified atom stereocenters. The van der Waals surface area contributed by atoms with Gasteiger partial charge in [0.25, 0.3) is 0 Å². The molecule has 0 atom stereocenters. The summed E-state index contributed by atoms with van der Waals surface area (Å²) in [5.74, 6) is 0.955. The average molecular weight is 402 g/mol. The van der Waals surface area contributed by atoms with Crippen molar-refractivity contribution in [1.82, 2.24) is 9.78 Å². The second kappa shape index (κ2) is 7.70. The van der Waals surface area contributed by atoms with Crippen LogP contribution in [0, 0.1) is 12.8 Å². The van der Waals surface area contributed by atoms with E-state index in [0.717, 1.165) is 17.7 Å². The van der Waals surface area contributed by atoms with Gasteiger partial charge >= 0.3 is 0 Å². The minimum absolute atomic E-state index is 0.0626. The highest BCUT2D eigenvalue weighted by Crippen LogP contribution is 2.34. The number of fused-ring (bicyclic) bond motifs is 1. The molecule has 150 valence electrons. The maximum atomic E-state index is 12.7. The van der Waals surface area contributed by atoms with Crippen LogP contribution in [0.1, 0.15) is 61.8 Å². The van der Waals surface area contributed by atoms with Crippen LogP contribution < -0.4 is 5.32 Å². The van der Waals surface area contributed by atoms with Crippen molar-refractivity contribution < 1.29 is 13.2 Å². The van der Waals surface area contributed by atoms with E-state index in [9.17, 15) is 13.2 Å². The van der Waals surface area contributed by atoms with Gasteiger partial charge in [0.05, 0.1) is 22.9 Å². The molecule has 0 saturated heterocycles. The summed E-state index contributed by atoms with van der Waals surface area (Å²) in [6.07, 6.45) is 7.61. The van der Waals surface area contributed by atoms with Gasteiger partial charge in [-0.2, -0.15) is 5.10 Å². The van der Waals surface area contributed by atoms with E-state index >= 15 is 0 Å². The molecule has 1 fully saturated rings. The van der Waals surface area contributed by atoms with Gasteiger partial charge in [-0.25, -0.2) is 13.1 Å². The molecule has 1 amide bonds. The number of aromatic nitrogens is 2. The molecule has 7 heteroatoms. The van der Waals surface area contributed by atoms with E-state index in [-0.39, 0.29) is 17.4 Å². The summed E-state index contributed by atoms with van der Waals surface area (Å²) >= 11 is 0. The lowest BCUT2D eigenvalue weighted by Crippen LogP contribution is -2.18. The molecule has 0 radical (unpaired) electrons. The Hall–Kier alpha value is -2.15. The first-order valence-corrected chi connectivity index (χ1v) is 11.9. The van der Waals surface area contributed by atoms with Gasteiger partial charge in [-0.1, -0.05) is 50.3 Å². The van der Waals surface area contributed by atoms with E-state index in [4.69, 9.17) is 0 Å². The lowest BCUT2D eigenvalue weighted by molar-refractivity contribution is -0.116. The molecule has 2 aromatic rings. The molecule has 2 heterocycles. The number of para-hydroxylation sites is 1. The normalized spacial score (nSPS) is 18.8. The number of hydrogen-bond donors (Lipinski definition) is 1. The van der Waals surface area contributed by atoms with Crippen LogP contribution in [-0.4, -0.2) is 24.1 Å². The highest BCUT2D eigenvalue weighted by Gasteiger charge is 2.33. The van der Waals surface area contributed by atoms with E-state index in [1.54, 1.807) is 4.68 Å². The summed E-state index contributed by atoms with van der Waals surface area (Å²) in [7, 11) is -3.19. The van der Waals surface area contributed by atoms with Crippen molar-refractivity contribution in [2.75, 3.05) is 5.32 Å². The number of hydrogen-bond acceptors (Lipinski definition) is 4. The maximum absolute atomic E-state index is 12.7. The molecule has 0 spiro atoms. The number of benzene rings is 1. The monoisotopic (exact) mass is 401 g/mol. The molecule has 6 nitrogen and oxygen atoms in total. The number of nitrogens with one attached hydrogen (secondary N) is 1. The Morgan fingerprint density at radius 3 is 2.68 bits per heavy atom. The molecular formula is C21H27N3O3S. The third-order valence-electron chi connectivity index (χ3n) is 5.89. The van der Waals surface area contributed by atoms with Crippen molar-refractivity contribution >= 4 is 21.6 Å². The lowest BCUT2D eigenvalue weighted by atomic mass is 9.86. The molecule has 1 aromatic heterocycles. The predicted molar refractivity (Wildman–Crippen MR) is 109 cm³/mol. The van der Waals surface area contributed by atoms with Crippen LogP contribution in [0.2, 0.25) is 0 Å². The Labute approximate surface area is 166 Å². The van der Waals surface area contributed by atoms with Crippen LogP contribution in [0.4, 0.5) is 5.82 Å². The molecule has 28 heavy (non-hydrogen) atoms. The van der Waals surface area contributed by atoms with Crippen molar-refractivity contribution in [1.29, 1.82) is 0 Å². The zero-order valence-corrected chi connectivity index (χ0v) is 17.1. The van der Waals surface area contributed by atoms with Gasteiger partial charge in [0.2, 0.25) is 5.91 Å². The van der Waals surface area contributed by atoms with Crippen LogP contribution in [0.25, 0.3) is 5.69 Å². The van der Waals surface area contributed by atoms with Gasteiger partial charge < -0.3 is 5.32 Å². The Bertz CT molecular complexity index is 988. The number of carbonyl (C=O) groups is 1. The standard InChI is InChI=1S/C21H27N3O3S/c1-15-7-5-6-10-19(15)24-21(17-13-28(26,27)14-18(17)23-24)22-20(25)12-11-16-8-3-2-4-9-16/h5-7,10,16H,2-4,8-9,11-14H2,1H3,(H,22,25). The molecule has 1 aliphatic heterocycles. The second-order valence-electron chi connectivity index (χ2n) is 8.10. The van der Waals surface area contributed by atoms with Gasteiger partial charge in [0, 0.05) is 12.0 Å². The fourth-order valence-corrected chi connectivity index (χ4v) is 5.85. The van der Waals surface area contributed by atoms with Crippen molar-refractivity contribution in [3.8, 4) is 5.69 Å². The van der Waals surface area contributed by atoms with Crippen LogP contribution in [0.15, 0.2) is 24.3 Å². The molecule has 1 saturated carbocycles. The van der Waals surface area contributed by atoms with E-state index < -0.39 is 9.84 Å². The Morgan fingerprint density at radius 1 is 1.18 bits per heavy atom. The smallest absolute Gasteiger partial charge is 0.225 e.